The van der Waals surface area contributed by atoms with Crippen LogP contribution in [0.1, 0.15) is 19.8 Å². The van der Waals surface area contributed by atoms with Gasteiger partial charge in [-0.05, 0) is 24.8 Å². The predicted molar refractivity (Wildman–Crippen MR) is 64.6 cm³/mol. The monoisotopic (exact) mass is 256 g/mol. The molecule has 1 aliphatic rings. The molecule has 1 aromatic rings. The van der Waals surface area contributed by atoms with Crippen molar-refractivity contribution in [1.82, 2.24) is 9.71 Å². The van der Waals surface area contributed by atoms with Gasteiger partial charge in [-0.15, -0.1) is 0 Å². The standard InChI is InChI=1S/C10H16N4O2S/c1-7-4-8(5-7)14-17(15,16)9-2-3-12-10(6-9)13-11/h2-3,6-8,14H,4-5,11H2,1H3,(H,12,13). The smallest absolute Gasteiger partial charge is 0.241 e. The Hall–Kier alpha value is -1.18. The number of pyridine rings is 1. The van der Waals surface area contributed by atoms with Crippen molar-refractivity contribution in [3.63, 3.8) is 0 Å². The lowest BCUT2D eigenvalue weighted by molar-refractivity contribution is 0.270. The van der Waals surface area contributed by atoms with Crippen molar-refractivity contribution in [2.24, 2.45) is 11.8 Å². The second-order valence-corrected chi connectivity index (χ2v) is 6.13. The van der Waals surface area contributed by atoms with E-state index in [1.54, 1.807) is 0 Å². The van der Waals surface area contributed by atoms with E-state index in [0.29, 0.717) is 11.7 Å². The van der Waals surface area contributed by atoms with Crippen LogP contribution in [0.15, 0.2) is 23.2 Å². The molecule has 4 N–H and O–H groups in total. The summed E-state index contributed by atoms with van der Waals surface area (Å²) < 4.78 is 26.7. The van der Waals surface area contributed by atoms with Crippen molar-refractivity contribution >= 4 is 15.8 Å². The van der Waals surface area contributed by atoms with Gasteiger partial charge in [0, 0.05) is 18.3 Å². The number of rotatable bonds is 4. The summed E-state index contributed by atoms with van der Waals surface area (Å²) in [5.41, 5.74) is 2.32. The van der Waals surface area contributed by atoms with Crippen LogP contribution in [0.5, 0.6) is 0 Å². The predicted octanol–water partition coefficient (Wildman–Crippen LogP) is 0.444. The Bertz CT molecular complexity index is 497. The largest absolute Gasteiger partial charge is 0.308 e. The number of hydrazine groups is 1. The van der Waals surface area contributed by atoms with Gasteiger partial charge in [0.2, 0.25) is 10.0 Å². The molecule has 0 radical (unpaired) electrons. The van der Waals surface area contributed by atoms with Gasteiger partial charge in [-0.25, -0.2) is 24.0 Å². The Morgan fingerprint density at radius 2 is 2.18 bits per heavy atom. The van der Waals surface area contributed by atoms with Gasteiger partial charge in [0.05, 0.1) is 4.90 Å². The Kier molecular flexibility index (Phi) is 3.32. The van der Waals surface area contributed by atoms with Crippen LogP contribution in [-0.4, -0.2) is 19.4 Å². The molecule has 0 aromatic carbocycles. The van der Waals surface area contributed by atoms with Gasteiger partial charge in [0.15, 0.2) is 0 Å². The molecule has 0 aliphatic heterocycles. The Balaban J connectivity index is 2.13. The number of nitrogens with zero attached hydrogens (tertiary/aromatic N) is 1. The Labute approximate surface area is 101 Å². The second kappa shape index (κ2) is 4.59. The van der Waals surface area contributed by atoms with Crippen LogP contribution >= 0.6 is 0 Å². The van der Waals surface area contributed by atoms with Crippen LogP contribution in [0.3, 0.4) is 0 Å². The maximum Gasteiger partial charge on any atom is 0.241 e. The second-order valence-electron chi connectivity index (χ2n) is 4.42. The SMILES string of the molecule is CC1CC(NS(=O)(=O)c2ccnc(NN)c2)C1. The summed E-state index contributed by atoms with van der Waals surface area (Å²) >= 11 is 0. The number of nitrogens with two attached hydrogens (primary N) is 1. The minimum atomic E-state index is -3.46. The van der Waals surface area contributed by atoms with Gasteiger partial charge in [-0.1, -0.05) is 6.92 Å². The molecule has 1 heterocycles. The van der Waals surface area contributed by atoms with Crippen molar-refractivity contribution in [3.05, 3.63) is 18.3 Å². The zero-order valence-electron chi connectivity index (χ0n) is 9.55. The molecule has 6 nitrogen and oxygen atoms in total. The first-order valence-electron chi connectivity index (χ1n) is 5.46. The lowest BCUT2D eigenvalue weighted by atomic mass is 9.83. The van der Waals surface area contributed by atoms with E-state index < -0.39 is 10.0 Å². The summed E-state index contributed by atoms with van der Waals surface area (Å²) in [4.78, 5) is 4.05. The summed E-state index contributed by atoms with van der Waals surface area (Å²) in [5.74, 6) is 6.12. The maximum atomic E-state index is 12.0. The van der Waals surface area contributed by atoms with E-state index in [0.717, 1.165) is 12.8 Å². The molecule has 0 atom stereocenters. The van der Waals surface area contributed by atoms with Crippen molar-refractivity contribution < 1.29 is 8.42 Å². The van der Waals surface area contributed by atoms with Crippen molar-refractivity contribution in [2.75, 3.05) is 5.43 Å². The highest BCUT2D eigenvalue weighted by molar-refractivity contribution is 7.89. The van der Waals surface area contributed by atoms with E-state index in [1.165, 1.54) is 18.3 Å². The van der Waals surface area contributed by atoms with E-state index in [-0.39, 0.29) is 10.9 Å². The molecular formula is C10H16N4O2S. The fourth-order valence-corrected chi connectivity index (χ4v) is 3.22. The van der Waals surface area contributed by atoms with Crippen LogP contribution in [0.4, 0.5) is 5.82 Å². The van der Waals surface area contributed by atoms with Crippen molar-refractivity contribution in [3.8, 4) is 0 Å². The van der Waals surface area contributed by atoms with Gasteiger partial charge < -0.3 is 5.43 Å². The van der Waals surface area contributed by atoms with Crippen LogP contribution < -0.4 is 16.0 Å². The van der Waals surface area contributed by atoms with Gasteiger partial charge in [0.1, 0.15) is 5.82 Å². The van der Waals surface area contributed by atoms with Gasteiger partial charge in [-0.3, -0.25) is 0 Å². The van der Waals surface area contributed by atoms with Crippen LogP contribution in [0, 0.1) is 5.92 Å². The van der Waals surface area contributed by atoms with E-state index in [2.05, 4.69) is 22.1 Å². The highest BCUT2D eigenvalue weighted by Crippen LogP contribution is 2.27. The zero-order valence-corrected chi connectivity index (χ0v) is 10.4. The molecule has 0 saturated heterocycles. The molecule has 1 fully saturated rings. The lowest BCUT2D eigenvalue weighted by Crippen LogP contribution is -2.43. The topological polar surface area (TPSA) is 97.1 Å². The van der Waals surface area contributed by atoms with Crippen molar-refractivity contribution in [1.29, 1.82) is 0 Å². The third-order valence-corrected chi connectivity index (χ3v) is 4.40. The number of nitrogens with one attached hydrogen (secondary N) is 2. The van der Waals surface area contributed by atoms with E-state index in [4.69, 9.17) is 5.84 Å². The summed E-state index contributed by atoms with van der Waals surface area (Å²) in [7, 11) is -3.46. The highest BCUT2D eigenvalue weighted by atomic mass is 32.2. The first kappa shape index (κ1) is 12.3. The number of hydrogen-bond donors (Lipinski definition) is 3. The normalized spacial score (nSPS) is 24.1. The minimum absolute atomic E-state index is 0.0532. The Morgan fingerprint density at radius 3 is 2.76 bits per heavy atom. The number of aromatic nitrogens is 1. The number of sulfonamides is 1. The average Bonchev–Trinajstić information content (AvgIpc) is 2.27. The number of anilines is 1. The molecule has 7 heteroatoms. The zero-order chi connectivity index (χ0) is 12.5. The fraction of sp³-hybridized carbons (Fsp3) is 0.500. The third kappa shape index (κ3) is 2.74. The first-order valence-corrected chi connectivity index (χ1v) is 6.94. The van der Waals surface area contributed by atoms with Crippen molar-refractivity contribution in [2.45, 2.75) is 30.7 Å². The highest BCUT2D eigenvalue weighted by Gasteiger charge is 2.29. The molecule has 0 unspecified atom stereocenters. The maximum absolute atomic E-state index is 12.0. The molecule has 94 valence electrons. The summed E-state index contributed by atoms with van der Waals surface area (Å²) in [6.45, 7) is 2.10. The molecule has 0 spiro atoms. The minimum Gasteiger partial charge on any atom is -0.308 e. The van der Waals surface area contributed by atoms with Crippen LogP contribution in [-0.2, 0) is 10.0 Å². The lowest BCUT2D eigenvalue weighted by Gasteiger charge is -2.32. The molecule has 1 aromatic heterocycles. The van der Waals surface area contributed by atoms with E-state index in [1.807, 2.05) is 0 Å². The van der Waals surface area contributed by atoms with E-state index >= 15 is 0 Å². The molecular weight excluding hydrogens is 240 g/mol. The number of hydrogen-bond acceptors (Lipinski definition) is 5. The third-order valence-electron chi connectivity index (χ3n) is 2.89. The summed E-state index contributed by atoms with van der Waals surface area (Å²) in [5, 5.41) is 0. The molecule has 0 bridgehead atoms. The molecule has 0 amide bonds. The van der Waals surface area contributed by atoms with Crippen LogP contribution in [0.2, 0.25) is 0 Å². The molecule has 2 rings (SSSR count). The molecule has 1 saturated carbocycles. The summed E-state index contributed by atoms with van der Waals surface area (Å²) in [6.07, 6.45) is 3.20. The summed E-state index contributed by atoms with van der Waals surface area (Å²) in [6, 6.07) is 2.91. The van der Waals surface area contributed by atoms with Gasteiger partial charge in [0.25, 0.3) is 0 Å². The first-order chi connectivity index (χ1) is 8.01. The van der Waals surface area contributed by atoms with Gasteiger partial charge >= 0.3 is 0 Å². The quantitative estimate of drug-likeness (QED) is 0.536. The number of nitrogen functional groups attached to an aromatic ring is 1. The fourth-order valence-electron chi connectivity index (χ4n) is 1.94. The Morgan fingerprint density at radius 1 is 1.47 bits per heavy atom. The average molecular weight is 256 g/mol. The molecule has 1 aliphatic carbocycles. The van der Waals surface area contributed by atoms with Gasteiger partial charge in [-0.2, -0.15) is 0 Å². The van der Waals surface area contributed by atoms with Crippen LogP contribution in [0.25, 0.3) is 0 Å². The molecule has 17 heavy (non-hydrogen) atoms. The van der Waals surface area contributed by atoms with E-state index in [9.17, 15) is 8.42 Å².